The van der Waals surface area contributed by atoms with E-state index in [0.29, 0.717) is 57.5 Å². The van der Waals surface area contributed by atoms with Crippen LogP contribution in [0.15, 0.2) is 101 Å². The molecule has 0 fully saturated rings. The Labute approximate surface area is 252 Å². The molecule has 2 amide bonds. The number of para-hydroxylation sites is 2. The van der Waals surface area contributed by atoms with Crippen molar-refractivity contribution in [3.63, 3.8) is 0 Å². The van der Waals surface area contributed by atoms with Gasteiger partial charge in [0.25, 0.3) is 11.8 Å². The third kappa shape index (κ3) is 8.58. The largest absolute Gasteiger partial charge is 0.495 e. The molecule has 4 aromatic carbocycles. The molecule has 0 unspecified atom stereocenters. The number of nitrogens with one attached hydrogen (secondary N) is 2. The van der Waals surface area contributed by atoms with Crippen molar-refractivity contribution in [2.45, 2.75) is 13.5 Å². The molecule has 42 heavy (non-hydrogen) atoms. The number of methoxy groups -OCH3 is 1. The van der Waals surface area contributed by atoms with Crippen LogP contribution < -0.4 is 29.7 Å². The monoisotopic (exact) mass is 631 g/mol. The van der Waals surface area contributed by atoms with Gasteiger partial charge in [-0.1, -0.05) is 42.5 Å². The first kappa shape index (κ1) is 30.1. The molecule has 4 rings (SSSR count). The average molecular weight is 633 g/mol. The summed E-state index contributed by atoms with van der Waals surface area (Å²) in [6.07, 6.45) is 1.50. The molecule has 2 N–H and O–H groups in total. The van der Waals surface area contributed by atoms with E-state index >= 15 is 0 Å². The topological polar surface area (TPSA) is 107 Å². The average Bonchev–Trinajstić information content (AvgIpc) is 3.01. The van der Waals surface area contributed by atoms with Crippen LogP contribution in [0.25, 0.3) is 0 Å². The van der Waals surface area contributed by atoms with Gasteiger partial charge in [-0.2, -0.15) is 5.10 Å². The number of carbonyl (C=O) groups is 2. The Morgan fingerprint density at radius 2 is 1.60 bits per heavy atom. The summed E-state index contributed by atoms with van der Waals surface area (Å²) in [6.45, 7) is 2.47. The second kappa shape index (κ2) is 15.2. The van der Waals surface area contributed by atoms with Crippen molar-refractivity contribution in [2.75, 3.05) is 25.6 Å². The normalized spacial score (nSPS) is 10.6. The van der Waals surface area contributed by atoms with Gasteiger partial charge >= 0.3 is 0 Å². The van der Waals surface area contributed by atoms with E-state index in [2.05, 4.69) is 31.8 Å². The lowest BCUT2D eigenvalue weighted by Crippen LogP contribution is -2.20. The first-order valence-electron chi connectivity index (χ1n) is 13.1. The lowest BCUT2D eigenvalue weighted by atomic mass is 10.2. The van der Waals surface area contributed by atoms with E-state index in [1.54, 1.807) is 54.6 Å². The van der Waals surface area contributed by atoms with E-state index in [9.17, 15) is 9.59 Å². The summed E-state index contributed by atoms with van der Waals surface area (Å²) in [7, 11) is 1.54. The highest BCUT2D eigenvalue weighted by Crippen LogP contribution is 2.30. The van der Waals surface area contributed by atoms with E-state index in [0.717, 1.165) is 5.56 Å². The highest BCUT2D eigenvalue weighted by Gasteiger charge is 2.12. The lowest BCUT2D eigenvalue weighted by molar-refractivity contribution is -0.118. The molecule has 0 aliphatic heterocycles. The standard InChI is InChI=1S/C32H30BrN3O6/c1-3-40-30-18-24(14-16-29(30)41-20-22-9-5-4-6-10-22)32(38)36-34-19-23-13-15-27(25(33)17-23)42-21-31(37)35-26-11-7-8-12-28(26)39-2/h4-19H,3,20-21H2,1-2H3,(H,35,37)(H,36,38)/b34-19+. The molecule has 0 bridgehead atoms. The molecule has 0 radical (unpaired) electrons. The third-order valence-electron chi connectivity index (χ3n) is 5.82. The summed E-state index contributed by atoms with van der Waals surface area (Å²) in [6, 6.07) is 27.1. The van der Waals surface area contributed by atoms with Gasteiger partial charge in [-0.15, -0.1) is 0 Å². The fourth-order valence-corrected chi connectivity index (χ4v) is 4.31. The highest BCUT2D eigenvalue weighted by molar-refractivity contribution is 9.10. The molecular formula is C32H30BrN3O6. The van der Waals surface area contributed by atoms with E-state index in [-0.39, 0.29) is 12.5 Å². The van der Waals surface area contributed by atoms with Crippen molar-refractivity contribution in [3.05, 3.63) is 112 Å². The van der Waals surface area contributed by atoms with Gasteiger partial charge in [0, 0.05) is 5.56 Å². The molecule has 9 nitrogen and oxygen atoms in total. The van der Waals surface area contributed by atoms with Crippen molar-refractivity contribution < 1.29 is 28.5 Å². The number of amides is 2. The van der Waals surface area contributed by atoms with Crippen LogP contribution in [0, 0.1) is 0 Å². The molecule has 0 aromatic heterocycles. The minimum Gasteiger partial charge on any atom is -0.495 e. The van der Waals surface area contributed by atoms with Crippen LogP contribution in [0.5, 0.6) is 23.0 Å². The summed E-state index contributed by atoms with van der Waals surface area (Å²) in [5, 5.41) is 6.83. The number of hydrogen-bond donors (Lipinski definition) is 2. The number of benzene rings is 4. The number of anilines is 1. The minimum absolute atomic E-state index is 0.194. The smallest absolute Gasteiger partial charge is 0.271 e. The van der Waals surface area contributed by atoms with Crippen LogP contribution >= 0.6 is 15.9 Å². The quantitative estimate of drug-likeness (QED) is 0.134. The van der Waals surface area contributed by atoms with Crippen molar-refractivity contribution in [3.8, 4) is 23.0 Å². The zero-order valence-corrected chi connectivity index (χ0v) is 24.7. The zero-order chi connectivity index (χ0) is 29.7. The van der Waals surface area contributed by atoms with Crippen LogP contribution in [0.4, 0.5) is 5.69 Å². The Bertz CT molecular complexity index is 1540. The van der Waals surface area contributed by atoms with Crippen LogP contribution in [0.2, 0.25) is 0 Å². The zero-order valence-electron chi connectivity index (χ0n) is 23.1. The molecule has 0 saturated heterocycles. The molecule has 0 spiro atoms. The van der Waals surface area contributed by atoms with Crippen molar-refractivity contribution >= 4 is 39.6 Å². The van der Waals surface area contributed by atoms with Crippen molar-refractivity contribution in [1.82, 2.24) is 5.43 Å². The highest BCUT2D eigenvalue weighted by atomic mass is 79.9. The predicted molar refractivity (Wildman–Crippen MR) is 165 cm³/mol. The summed E-state index contributed by atoms with van der Waals surface area (Å²) in [5.41, 5.74) is 5.18. The van der Waals surface area contributed by atoms with Crippen molar-refractivity contribution in [1.29, 1.82) is 0 Å². The van der Waals surface area contributed by atoms with Gasteiger partial charge in [0.2, 0.25) is 0 Å². The Kier molecular flexibility index (Phi) is 10.9. The van der Waals surface area contributed by atoms with Gasteiger partial charge in [0.15, 0.2) is 18.1 Å². The molecule has 0 saturated carbocycles. The maximum absolute atomic E-state index is 12.7. The third-order valence-corrected chi connectivity index (χ3v) is 6.44. The van der Waals surface area contributed by atoms with Gasteiger partial charge in [-0.05, 0) is 82.5 Å². The fourth-order valence-electron chi connectivity index (χ4n) is 3.79. The first-order chi connectivity index (χ1) is 20.5. The first-order valence-corrected chi connectivity index (χ1v) is 13.9. The number of ether oxygens (including phenoxy) is 4. The number of rotatable bonds is 13. The van der Waals surface area contributed by atoms with Crippen LogP contribution in [0.1, 0.15) is 28.4 Å². The molecule has 0 aliphatic carbocycles. The molecule has 0 heterocycles. The molecule has 10 heteroatoms. The van der Waals surface area contributed by atoms with Gasteiger partial charge in [-0.3, -0.25) is 9.59 Å². The number of hydrazone groups is 1. The Morgan fingerprint density at radius 1 is 0.833 bits per heavy atom. The Morgan fingerprint density at radius 3 is 2.36 bits per heavy atom. The fraction of sp³-hybridized carbons (Fsp3) is 0.156. The molecular weight excluding hydrogens is 602 g/mol. The van der Waals surface area contributed by atoms with E-state index < -0.39 is 5.91 Å². The minimum atomic E-state index is -0.401. The van der Waals surface area contributed by atoms with Crippen LogP contribution in [0.3, 0.4) is 0 Å². The molecule has 216 valence electrons. The summed E-state index contributed by atoms with van der Waals surface area (Å²) < 4.78 is 23.1. The Balaban J connectivity index is 1.31. The molecule has 0 aliphatic rings. The predicted octanol–water partition coefficient (Wildman–Crippen LogP) is 6.22. The van der Waals surface area contributed by atoms with Crippen LogP contribution in [-0.4, -0.2) is 38.4 Å². The van der Waals surface area contributed by atoms with Gasteiger partial charge < -0.3 is 24.3 Å². The van der Waals surface area contributed by atoms with Gasteiger partial charge in [0.1, 0.15) is 18.1 Å². The second-order valence-electron chi connectivity index (χ2n) is 8.79. The maximum atomic E-state index is 12.7. The maximum Gasteiger partial charge on any atom is 0.271 e. The lowest BCUT2D eigenvalue weighted by Gasteiger charge is -2.13. The van der Waals surface area contributed by atoms with E-state index in [1.807, 2.05) is 43.3 Å². The summed E-state index contributed by atoms with van der Waals surface area (Å²) in [4.78, 5) is 25.1. The Hall–Kier alpha value is -4.83. The SMILES string of the molecule is CCOc1cc(C(=O)N/N=C/c2ccc(OCC(=O)Nc3ccccc3OC)c(Br)c2)ccc1OCc1ccccc1. The van der Waals surface area contributed by atoms with Gasteiger partial charge in [0.05, 0.1) is 30.1 Å². The summed E-state index contributed by atoms with van der Waals surface area (Å²) >= 11 is 3.45. The van der Waals surface area contributed by atoms with E-state index in [4.69, 9.17) is 18.9 Å². The second-order valence-corrected chi connectivity index (χ2v) is 9.65. The number of carbonyl (C=O) groups excluding carboxylic acids is 2. The van der Waals surface area contributed by atoms with E-state index in [1.165, 1.54) is 13.3 Å². The summed E-state index contributed by atoms with van der Waals surface area (Å²) in [5.74, 6) is 1.32. The van der Waals surface area contributed by atoms with Gasteiger partial charge in [-0.25, -0.2) is 5.43 Å². The number of hydrogen-bond acceptors (Lipinski definition) is 7. The number of halogens is 1. The molecule has 4 aromatic rings. The molecule has 0 atom stereocenters. The van der Waals surface area contributed by atoms with Crippen LogP contribution in [-0.2, 0) is 11.4 Å². The van der Waals surface area contributed by atoms with Crippen molar-refractivity contribution in [2.24, 2.45) is 5.10 Å². The number of nitrogens with zero attached hydrogens (tertiary/aromatic N) is 1.